The lowest BCUT2D eigenvalue weighted by molar-refractivity contribution is -0.386. The minimum atomic E-state index is -0.907. The lowest BCUT2D eigenvalue weighted by Crippen LogP contribution is -2.03. The monoisotopic (exact) mass is 235 g/mol. The highest BCUT2D eigenvalue weighted by atomic mass is 16.6. The summed E-state index contributed by atoms with van der Waals surface area (Å²) < 4.78 is 5.19. The summed E-state index contributed by atoms with van der Waals surface area (Å²) in [5.41, 5.74) is 0.792. The fourth-order valence-electron chi connectivity index (χ4n) is 1.47. The van der Waals surface area contributed by atoms with Crippen LogP contribution in [0.1, 0.15) is 24.2 Å². The Morgan fingerprint density at radius 3 is 2.76 bits per heavy atom. The van der Waals surface area contributed by atoms with Gasteiger partial charge in [-0.1, -0.05) is 5.92 Å². The van der Waals surface area contributed by atoms with Crippen LogP contribution in [-0.4, -0.2) is 16.6 Å². The molecule has 5 nitrogen and oxygen atoms in total. The van der Waals surface area contributed by atoms with Crippen molar-refractivity contribution in [1.82, 2.24) is 0 Å². The number of aryl methyl sites for hydroxylation is 1. The molecule has 0 spiro atoms. The third kappa shape index (κ3) is 2.95. The summed E-state index contributed by atoms with van der Waals surface area (Å²) in [6.45, 7) is 3.26. The van der Waals surface area contributed by atoms with Gasteiger partial charge >= 0.3 is 0 Å². The molecule has 17 heavy (non-hydrogen) atoms. The van der Waals surface area contributed by atoms with Crippen LogP contribution in [0.25, 0.3) is 0 Å². The molecule has 0 aliphatic rings. The van der Waals surface area contributed by atoms with Crippen molar-refractivity contribution in [2.45, 2.75) is 20.0 Å². The maximum absolute atomic E-state index is 10.9. The fraction of sp³-hybridized carbons (Fsp3) is 0.333. The van der Waals surface area contributed by atoms with Gasteiger partial charge in [0.2, 0.25) is 0 Å². The van der Waals surface area contributed by atoms with Crippen molar-refractivity contribution in [2.75, 3.05) is 6.61 Å². The van der Waals surface area contributed by atoms with Gasteiger partial charge in [-0.2, -0.15) is 0 Å². The molecule has 1 rings (SSSR count). The van der Waals surface area contributed by atoms with E-state index in [9.17, 15) is 15.2 Å². The van der Waals surface area contributed by atoms with E-state index >= 15 is 0 Å². The number of nitro groups is 1. The summed E-state index contributed by atoms with van der Waals surface area (Å²) in [7, 11) is 0. The van der Waals surface area contributed by atoms with Gasteiger partial charge in [0.25, 0.3) is 5.69 Å². The largest absolute Gasteiger partial charge is 0.480 e. The first kappa shape index (κ1) is 13.0. The Balaban J connectivity index is 3.25. The standard InChI is InChI=1S/C12H13NO4/c1-4-5-17-12-7-11(13(15)16)10(9(3)14)6-8(12)2/h1,6-7,9,14H,5H2,2-3H3. The molecule has 0 aliphatic carbocycles. The van der Waals surface area contributed by atoms with Gasteiger partial charge in [-0.25, -0.2) is 0 Å². The van der Waals surface area contributed by atoms with E-state index in [1.54, 1.807) is 6.92 Å². The number of nitro benzene ring substituents is 1. The Bertz CT molecular complexity index is 474. The molecule has 1 N–H and O–H groups in total. The summed E-state index contributed by atoms with van der Waals surface area (Å²) in [5.74, 6) is 2.65. The van der Waals surface area contributed by atoms with Gasteiger partial charge in [0, 0.05) is 0 Å². The number of rotatable bonds is 4. The zero-order chi connectivity index (χ0) is 13.0. The van der Waals surface area contributed by atoms with E-state index in [2.05, 4.69) is 5.92 Å². The predicted molar refractivity (Wildman–Crippen MR) is 62.8 cm³/mol. The molecule has 1 aromatic rings. The Kier molecular flexibility index (Phi) is 4.07. The molecule has 0 amide bonds. The van der Waals surface area contributed by atoms with Gasteiger partial charge in [0.1, 0.15) is 12.4 Å². The predicted octanol–water partition coefficient (Wildman–Crippen LogP) is 1.97. The number of aliphatic hydroxyl groups excluding tert-OH is 1. The third-order valence-corrected chi connectivity index (χ3v) is 2.28. The second-order valence-electron chi connectivity index (χ2n) is 3.60. The Morgan fingerprint density at radius 1 is 1.65 bits per heavy atom. The maximum Gasteiger partial charge on any atom is 0.278 e. The minimum absolute atomic E-state index is 0.0476. The molecule has 0 fully saturated rings. The average molecular weight is 235 g/mol. The summed E-state index contributed by atoms with van der Waals surface area (Å²) in [6.07, 6.45) is 4.15. The van der Waals surface area contributed by atoms with Crippen LogP contribution in [0.15, 0.2) is 12.1 Å². The molecule has 0 saturated heterocycles. The van der Waals surface area contributed by atoms with E-state index < -0.39 is 11.0 Å². The summed E-state index contributed by atoms with van der Waals surface area (Å²) in [6, 6.07) is 2.82. The van der Waals surface area contributed by atoms with Crippen molar-refractivity contribution in [3.63, 3.8) is 0 Å². The topological polar surface area (TPSA) is 72.6 Å². The van der Waals surface area contributed by atoms with Crippen molar-refractivity contribution in [2.24, 2.45) is 0 Å². The molecule has 1 aromatic carbocycles. The second-order valence-corrected chi connectivity index (χ2v) is 3.60. The van der Waals surface area contributed by atoms with Crippen LogP contribution < -0.4 is 4.74 Å². The fourth-order valence-corrected chi connectivity index (χ4v) is 1.47. The van der Waals surface area contributed by atoms with Gasteiger partial charge in [-0.3, -0.25) is 10.1 Å². The highest BCUT2D eigenvalue weighted by Crippen LogP contribution is 2.32. The Labute approximate surface area is 99.2 Å². The number of nitrogens with zero attached hydrogens (tertiary/aromatic N) is 1. The third-order valence-electron chi connectivity index (χ3n) is 2.28. The van der Waals surface area contributed by atoms with Gasteiger partial charge in [0.05, 0.1) is 22.7 Å². The lowest BCUT2D eigenvalue weighted by Gasteiger charge is -2.11. The smallest absolute Gasteiger partial charge is 0.278 e. The lowest BCUT2D eigenvalue weighted by atomic mass is 10.0. The molecule has 0 aromatic heterocycles. The number of terminal acetylenes is 1. The van der Waals surface area contributed by atoms with Gasteiger partial charge < -0.3 is 9.84 Å². The van der Waals surface area contributed by atoms with E-state index in [-0.39, 0.29) is 17.9 Å². The van der Waals surface area contributed by atoms with Crippen LogP contribution in [0.2, 0.25) is 0 Å². The first-order valence-corrected chi connectivity index (χ1v) is 5.00. The van der Waals surface area contributed by atoms with E-state index in [4.69, 9.17) is 11.2 Å². The quantitative estimate of drug-likeness (QED) is 0.492. The zero-order valence-corrected chi connectivity index (χ0v) is 9.64. The molecule has 0 aliphatic heterocycles. The van der Waals surface area contributed by atoms with Gasteiger partial charge in [0.15, 0.2) is 0 Å². The Hall–Kier alpha value is -2.06. The molecular formula is C12H13NO4. The van der Waals surface area contributed by atoms with Crippen LogP contribution in [-0.2, 0) is 0 Å². The normalized spacial score (nSPS) is 11.6. The Morgan fingerprint density at radius 2 is 2.29 bits per heavy atom. The van der Waals surface area contributed by atoms with Crippen molar-refractivity contribution in [3.8, 4) is 18.1 Å². The molecule has 0 heterocycles. The van der Waals surface area contributed by atoms with Crippen LogP contribution in [0.5, 0.6) is 5.75 Å². The van der Waals surface area contributed by atoms with Gasteiger partial charge in [-0.15, -0.1) is 6.42 Å². The molecule has 1 unspecified atom stereocenters. The molecule has 0 bridgehead atoms. The average Bonchev–Trinajstić information content (AvgIpc) is 2.26. The number of benzene rings is 1. The second kappa shape index (κ2) is 5.32. The number of aliphatic hydroxyl groups is 1. The highest BCUT2D eigenvalue weighted by Gasteiger charge is 2.20. The van der Waals surface area contributed by atoms with E-state index in [1.165, 1.54) is 19.1 Å². The zero-order valence-electron chi connectivity index (χ0n) is 9.64. The van der Waals surface area contributed by atoms with Crippen LogP contribution in [0, 0.1) is 29.4 Å². The van der Waals surface area contributed by atoms with Crippen LogP contribution in [0.4, 0.5) is 5.69 Å². The molecular weight excluding hydrogens is 222 g/mol. The summed E-state index contributed by atoms with van der Waals surface area (Å²) in [5, 5.41) is 20.3. The molecule has 90 valence electrons. The van der Waals surface area contributed by atoms with Crippen LogP contribution >= 0.6 is 0 Å². The van der Waals surface area contributed by atoms with Crippen LogP contribution in [0.3, 0.4) is 0 Å². The van der Waals surface area contributed by atoms with E-state index in [0.717, 1.165) is 0 Å². The molecule has 0 radical (unpaired) electrons. The van der Waals surface area contributed by atoms with E-state index in [0.29, 0.717) is 11.3 Å². The molecule has 5 heteroatoms. The maximum atomic E-state index is 10.9. The number of hydrogen-bond donors (Lipinski definition) is 1. The summed E-state index contributed by atoms with van der Waals surface area (Å²) in [4.78, 5) is 10.3. The van der Waals surface area contributed by atoms with Crippen molar-refractivity contribution in [3.05, 3.63) is 33.4 Å². The molecule has 0 saturated carbocycles. The minimum Gasteiger partial charge on any atom is -0.480 e. The number of ether oxygens (including phenoxy) is 1. The first-order chi connectivity index (χ1) is 7.97. The van der Waals surface area contributed by atoms with Crippen molar-refractivity contribution >= 4 is 5.69 Å². The summed E-state index contributed by atoms with van der Waals surface area (Å²) >= 11 is 0. The first-order valence-electron chi connectivity index (χ1n) is 5.00. The highest BCUT2D eigenvalue weighted by molar-refractivity contribution is 5.51. The molecule has 1 atom stereocenters. The SMILES string of the molecule is C#CCOc1cc([N+](=O)[O-])c(C(C)O)cc1C. The van der Waals surface area contributed by atoms with Crippen molar-refractivity contribution in [1.29, 1.82) is 0 Å². The van der Waals surface area contributed by atoms with E-state index in [1.807, 2.05) is 0 Å². The van der Waals surface area contributed by atoms with Gasteiger partial charge in [-0.05, 0) is 25.5 Å². The number of hydrogen-bond acceptors (Lipinski definition) is 4. The van der Waals surface area contributed by atoms with Crippen molar-refractivity contribution < 1.29 is 14.8 Å².